The van der Waals surface area contributed by atoms with Crippen LogP contribution in [0.1, 0.15) is 5.76 Å². The largest absolute Gasteiger partial charge is 0.496 e. The van der Waals surface area contributed by atoms with E-state index in [1.54, 1.807) is 19.2 Å². The van der Waals surface area contributed by atoms with Crippen molar-refractivity contribution in [2.24, 2.45) is 0 Å². The van der Waals surface area contributed by atoms with Crippen molar-refractivity contribution < 1.29 is 19.1 Å². The minimum Gasteiger partial charge on any atom is -0.496 e. The van der Waals surface area contributed by atoms with Gasteiger partial charge in [-0.3, -0.25) is 4.79 Å². The fourth-order valence-electron chi connectivity index (χ4n) is 1.76. The molecule has 0 bridgehead atoms. The Labute approximate surface area is 116 Å². The highest BCUT2D eigenvalue weighted by Gasteiger charge is 2.11. The van der Waals surface area contributed by atoms with Crippen molar-refractivity contribution in [1.29, 1.82) is 0 Å². The maximum absolute atomic E-state index is 10.5. The maximum atomic E-state index is 10.5. The van der Waals surface area contributed by atoms with E-state index in [9.17, 15) is 4.79 Å². The summed E-state index contributed by atoms with van der Waals surface area (Å²) >= 11 is 0. The molecule has 2 aromatic rings. The Kier molecular flexibility index (Phi) is 4.10. The van der Waals surface area contributed by atoms with Gasteiger partial charge in [0.1, 0.15) is 23.8 Å². The fraction of sp³-hybridized carbons (Fsp3) is 0.133. The second-order valence-electron chi connectivity index (χ2n) is 4.09. The molecule has 0 fully saturated rings. The van der Waals surface area contributed by atoms with Crippen LogP contribution in [0.5, 0.6) is 5.75 Å². The Balaban J connectivity index is 2.20. The Hall–Kier alpha value is -2.69. The second kappa shape index (κ2) is 5.97. The Morgan fingerprint density at radius 2 is 2.10 bits per heavy atom. The first-order valence-corrected chi connectivity index (χ1v) is 6.00. The molecule has 1 aromatic carbocycles. The standard InChI is InChI=1S/C15H15NO4/c1-10(16-9-15(17)18)12-7-8-14(20-12)11-5-3-4-6-13(11)19-2/h3-8,16H,1,9H2,2H3,(H,17,18). The highest BCUT2D eigenvalue weighted by molar-refractivity contribution is 5.73. The number of para-hydroxylation sites is 1. The van der Waals surface area contributed by atoms with E-state index in [2.05, 4.69) is 11.9 Å². The molecule has 5 nitrogen and oxygen atoms in total. The van der Waals surface area contributed by atoms with Crippen LogP contribution in [0.2, 0.25) is 0 Å². The summed E-state index contributed by atoms with van der Waals surface area (Å²) in [7, 11) is 1.59. The SMILES string of the molecule is C=C(NCC(=O)O)c1ccc(-c2ccccc2OC)o1. The van der Waals surface area contributed by atoms with Gasteiger partial charge in [-0.25, -0.2) is 0 Å². The van der Waals surface area contributed by atoms with Crippen molar-refractivity contribution >= 4 is 11.7 Å². The van der Waals surface area contributed by atoms with Gasteiger partial charge in [0, 0.05) is 0 Å². The first-order chi connectivity index (χ1) is 9.61. The van der Waals surface area contributed by atoms with Crippen LogP contribution in [-0.4, -0.2) is 24.7 Å². The summed E-state index contributed by atoms with van der Waals surface area (Å²) in [5, 5.41) is 11.3. The van der Waals surface area contributed by atoms with E-state index in [0.717, 1.165) is 5.56 Å². The average Bonchev–Trinajstić information content (AvgIpc) is 2.94. The quantitative estimate of drug-likeness (QED) is 0.846. The molecule has 0 aliphatic rings. The van der Waals surface area contributed by atoms with Crippen LogP contribution in [0.25, 0.3) is 17.0 Å². The number of carbonyl (C=O) groups is 1. The molecule has 0 unspecified atom stereocenters. The van der Waals surface area contributed by atoms with Crippen molar-refractivity contribution in [2.45, 2.75) is 0 Å². The number of ether oxygens (including phenoxy) is 1. The molecule has 5 heteroatoms. The van der Waals surface area contributed by atoms with E-state index in [-0.39, 0.29) is 6.54 Å². The van der Waals surface area contributed by atoms with Crippen molar-refractivity contribution in [3.8, 4) is 17.1 Å². The summed E-state index contributed by atoms with van der Waals surface area (Å²) in [6.07, 6.45) is 0. The number of hydrogen-bond acceptors (Lipinski definition) is 4. The summed E-state index contributed by atoms with van der Waals surface area (Å²) in [6.45, 7) is 3.54. The molecule has 104 valence electrons. The van der Waals surface area contributed by atoms with Crippen LogP contribution in [0, 0.1) is 0 Å². The molecule has 0 radical (unpaired) electrons. The number of benzene rings is 1. The molecule has 0 spiro atoms. The zero-order valence-electron chi connectivity index (χ0n) is 11.1. The smallest absolute Gasteiger partial charge is 0.322 e. The lowest BCUT2D eigenvalue weighted by Gasteiger charge is -2.06. The third-order valence-corrected chi connectivity index (χ3v) is 2.73. The van der Waals surface area contributed by atoms with Gasteiger partial charge in [0.05, 0.1) is 18.4 Å². The zero-order chi connectivity index (χ0) is 14.5. The highest BCUT2D eigenvalue weighted by atomic mass is 16.5. The number of methoxy groups -OCH3 is 1. The molecule has 0 aliphatic heterocycles. The monoisotopic (exact) mass is 273 g/mol. The summed E-state index contributed by atoms with van der Waals surface area (Å²) in [5.74, 6) is 0.878. The van der Waals surface area contributed by atoms with Crippen LogP contribution in [0.4, 0.5) is 0 Å². The Morgan fingerprint density at radius 3 is 2.80 bits per heavy atom. The summed E-state index contributed by atoms with van der Waals surface area (Å²) < 4.78 is 10.9. The minimum atomic E-state index is -0.956. The van der Waals surface area contributed by atoms with Crippen LogP contribution >= 0.6 is 0 Å². The lowest BCUT2D eigenvalue weighted by Crippen LogP contribution is -2.20. The van der Waals surface area contributed by atoms with Crippen LogP contribution in [0.15, 0.2) is 47.4 Å². The molecule has 0 aliphatic carbocycles. The fourth-order valence-corrected chi connectivity index (χ4v) is 1.76. The molecule has 2 rings (SSSR count). The van der Waals surface area contributed by atoms with E-state index in [4.69, 9.17) is 14.3 Å². The van der Waals surface area contributed by atoms with Gasteiger partial charge in [-0.2, -0.15) is 0 Å². The van der Waals surface area contributed by atoms with Crippen LogP contribution in [-0.2, 0) is 4.79 Å². The van der Waals surface area contributed by atoms with E-state index in [1.165, 1.54) is 0 Å². The van der Waals surface area contributed by atoms with Gasteiger partial charge in [-0.05, 0) is 24.3 Å². The van der Waals surface area contributed by atoms with E-state index in [0.29, 0.717) is 23.0 Å². The van der Waals surface area contributed by atoms with Crippen molar-refractivity contribution in [3.05, 3.63) is 48.7 Å². The van der Waals surface area contributed by atoms with Gasteiger partial charge in [0.2, 0.25) is 0 Å². The zero-order valence-corrected chi connectivity index (χ0v) is 11.1. The van der Waals surface area contributed by atoms with Crippen LogP contribution in [0.3, 0.4) is 0 Å². The van der Waals surface area contributed by atoms with Crippen molar-refractivity contribution in [1.82, 2.24) is 5.32 Å². The van der Waals surface area contributed by atoms with Crippen LogP contribution < -0.4 is 10.1 Å². The van der Waals surface area contributed by atoms with Gasteiger partial charge in [0.25, 0.3) is 0 Å². The predicted octanol–water partition coefficient (Wildman–Crippen LogP) is 2.60. The van der Waals surface area contributed by atoms with Crippen molar-refractivity contribution in [3.63, 3.8) is 0 Å². The molecular weight excluding hydrogens is 258 g/mol. The van der Waals surface area contributed by atoms with Gasteiger partial charge in [-0.1, -0.05) is 18.7 Å². The lowest BCUT2D eigenvalue weighted by molar-refractivity contribution is -0.135. The number of aliphatic carboxylic acids is 1. The number of carboxylic acids is 1. The van der Waals surface area contributed by atoms with E-state index >= 15 is 0 Å². The molecule has 0 amide bonds. The molecular formula is C15H15NO4. The summed E-state index contributed by atoms with van der Waals surface area (Å²) in [4.78, 5) is 10.5. The van der Waals surface area contributed by atoms with Gasteiger partial charge < -0.3 is 19.6 Å². The molecule has 0 saturated carbocycles. The van der Waals surface area contributed by atoms with Crippen molar-refractivity contribution in [2.75, 3.05) is 13.7 Å². The molecule has 0 saturated heterocycles. The minimum absolute atomic E-state index is 0.205. The first-order valence-electron chi connectivity index (χ1n) is 6.00. The molecule has 20 heavy (non-hydrogen) atoms. The van der Waals surface area contributed by atoms with E-state index < -0.39 is 5.97 Å². The number of nitrogens with one attached hydrogen (secondary N) is 1. The number of furan rings is 1. The molecule has 1 aromatic heterocycles. The Bertz CT molecular complexity index is 630. The highest BCUT2D eigenvalue weighted by Crippen LogP contribution is 2.31. The van der Waals surface area contributed by atoms with E-state index in [1.807, 2.05) is 24.3 Å². The number of hydrogen-bond donors (Lipinski definition) is 2. The average molecular weight is 273 g/mol. The topological polar surface area (TPSA) is 71.7 Å². The molecule has 2 N–H and O–H groups in total. The third kappa shape index (κ3) is 3.00. The summed E-state index contributed by atoms with van der Waals surface area (Å²) in [6, 6.07) is 11.0. The molecule has 0 atom stereocenters. The lowest BCUT2D eigenvalue weighted by atomic mass is 10.1. The van der Waals surface area contributed by atoms with Gasteiger partial charge >= 0.3 is 5.97 Å². The summed E-state index contributed by atoms with van der Waals surface area (Å²) in [5.41, 5.74) is 1.25. The third-order valence-electron chi connectivity index (χ3n) is 2.73. The predicted molar refractivity (Wildman–Crippen MR) is 75.4 cm³/mol. The Morgan fingerprint density at radius 1 is 1.35 bits per heavy atom. The number of rotatable bonds is 6. The van der Waals surface area contributed by atoms with Gasteiger partial charge in [0.15, 0.2) is 0 Å². The van der Waals surface area contributed by atoms with Gasteiger partial charge in [-0.15, -0.1) is 0 Å². The maximum Gasteiger partial charge on any atom is 0.322 e. The molecule has 1 heterocycles. The normalized spacial score (nSPS) is 10.1. The second-order valence-corrected chi connectivity index (χ2v) is 4.09. The first kappa shape index (κ1) is 13.7. The number of carboxylic acid groups (broad SMARTS) is 1.